The van der Waals surface area contributed by atoms with Crippen LogP contribution in [0.15, 0.2) is 36.5 Å². The highest BCUT2D eigenvalue weighted by Crippen LogP contribution is 2.34. The Hall–Kier alpha value is -2.18. The summed E-state index contributed by atoms with van der Waals surface area (Å²) in [7, 11) is 0. The number of nitrogens with zero attached hydrogens (tertiary/aromatic N) is 4. The average Bonchev–Trinajstić information content (AvgIpc) is 2.60. The predicted octanol–water partition coefficient (Wildman–Crippen LogP) is 3.01. The maximum Gasteiger partial charge on any atom is 0.134 e. The van der Waals surface area contributed by atoms with Gasteiger partial charge < -0.3 is 15.0 Å². The van der Waals surface area contributed by atoms with Gasteiger partial charge in [-0.25, -0.2) is 9.97 Å². The van der Waals surface area contributed by atoms with Crippen molar-refractivity contribution in [2.45, 2.75) is 31.2 Å². The van der Waals surface area contributed by atoms with E-state index < -0.39 is 0 Å². The fraction of sp³-hybridized carbons (Fsp3) is 0.524. The van der Waals surface area contributed by atoms with Gasteiger partial charge in [0.25, 0.3) is 0 Å². The van der Waals surface area contributed by atoms with Crippen LogP contribution in [0.4, 0.5) is 17.5 Å². The third-order valence-corrected chi connectivity index (χ3v) is 6.07. The first-order valence-electron chi connectivity index (χ1n) is 10.1. The zero-order valence-corrected chi connectivity index (χ0v) is 15.7. The van der Waals surface area contributed by atoms with Gasteiger partial charge in [-0.3, -0.25) is 4.90 Å². The van der Waals surface area contributed by atoms with Gasteiger partial charge in [-0.05, 0) is 68.1 Å². The molecule has 6 nitrogen and oxygen atoms in total. The number of pyridine rings is 2. The van der Waals surface area contributed by atoms with E-state index in [4.69, 9.17) is 9.72 Å². The van der Waals surface area contributed by atoms with Gasteiger partial charge >= 0.3 is 0 Å². The maximum atomic E-state index is 5.36. The third-order valence-electron chi connectivity index (χ3n) is 6.07. The monoisotopic (exact) mass is 365 g/mol. The van der Waals surface area contributed by atoms with Gasteiger partial charge in [-0.15, -0.1) is 0 Å². The number of nitrogens with one attached hydrogen (secondary N) is 1. The number of ether oxygens (including phenoxy) is 1. The van der Waals surface area contributed by atoms with Gasteiger partial charge in [0.05, 0.1) is 19.3 Å². The Bertz CT molecular complexity index is 767. The summed E-state index contributed by atoms with van der Waals surface area (Å²) >= 11 is 0. The van der Waals surface area contributed by atoms with E-state index in [1.165, 1.54) is 37.9 Å². The van der Waals surface area contributed by atoms with Crippen LogP contribution >= 0.6 is 0 Å². The SMILES string of the molecule is c1ccc(Nc2cc(C3CCN(C4COC4)CC3)cc(N3CCC3)n2)nc1. The molecule has 27 heavy (non-hydrogen) atoms. The number of hydrogen-bond donors (Lipinski definition) is 1. The first-order valence-corrected chi connectivity index (χ1v) is 10.1. The Balaban J connectivity index is 1.35. The number of hydrogen-bond acceptors (Lipinski definition) is 6. The quantitative estimate of drug-likeness (QED) is 0.879. The van der Waals surface area contributed by atoms with Gasteiger partial charge in [0.1, 0.15) is 17.5 Å². The summed E-state index contributed by atoms with van der Waals surface area (Å²) < 4.78 is 5.36. The molecule has 0 bridgehead atoms. The molecule has 6 heteroatoms. The molecule has 0 aliphatic carbocycles. The van der Waals surface area contributed by atoms with Gasteiger partial charge in [-0.2, -0.15) is 0 Å². The van der Waals surface area contributed by atoms with Crippen LogP contribution in [0.5, 0.6) is 0 Å². The number of piperidine rings is 1. The lowest BCUT2D eigenvalue weighted by atomic mass is 9.89. The molecule has 142 valence electrons. The number of aromatic nitrogens is 2. The minimum atomic E-state index is 0.606. The van der Waals surface area contributed by atoms with Gasteiger partial charge in [0, 0.05) is 19.3 Å². The minimum absolute atomic E-state index is 0.606. The predicted molar refractivity (Wildman–Crippen MR) is 107 cm³/mol. The highest BCUT2D eigenvalue weighted by Gasteiger charge is 2.30. The summed E-state index contributed by atoms with van der Waals surface area (Å²) in [6.45, 7) is 6.39. The number of rotatable bonds is 5. The molecule has 3 saturated heterocycles. The zero-order valence-electron chi connectivity index (χ0n) is 15.7. The van der Waals surface area contributed by atoms with Crippen LogP contribution in [0.25, 0.3) is 0 Å². The minimum Gasteiger partial charge on any atom is -0.378 e. The molecule has 2 aromatic heterocycles. The number of likely N-dealkylation sites (tertiary alicyclic amines) is 1. The molecule has 3 aliphatic rings. The topological polar surface area (TPSA) is 53.5 Å². The van der Waals surface area contributed by atoms with Crippen molar-refractivity contribution in [1.29, 1.82) is 0 Å². The molecular weight excluding hydrogens is 338 g/mol. The van der Waals surface area contributed by atoms with E-state index in [2.05, 4.69) is 32.2 Å². The van der Waals surface area contributed by atoms with Gasteiger partial charge in [-0.1, -0.05) is 6.07 Å². The van der Waals surface area contributed by atoms with Crippen LogP contribution in [-0.2, 0) is 4.74 Å². The molecule has 0 amide bonds. The lowest BCUT2D eigenvalue weighted by Gasteiger charge is -2.41. The molecule has 0 radical (unpaired) electrons. The third kappa shape index (κ3) is 3.64. The Morgan fingerprint density at radius 1 is 1.00 bits per heavy atom. The molecule has 0 spiro atoms. The molecule has 3 aliphatic heterocycles. The van der Waals surface area contributed by atoms with Crippen molar-refractivity contribution in [2.75, 3.05) is 49.6 Å². The van der Waals surface area contributed by atoms with E-state index in [1.54, 1.807) is 0 Å². The summed E-state index contributed by atoms with van der Waals surface area (Å²) in [6.07, 6.45) is 5.49. The molecule has 3 fully saturated rings. The van der Waals surface area contributed by atoms with Gasteiger partial charge in [0.15, 0.2) is 0 Å². The normalized spacial score (nSPS) is 21.6. The molecule has 2 aromatic rings. The first kappa shape index (κ1) is 17.0. The Labute approximate surface area is 160 Å². The van der Waals surface area contributed by atoms with E-state index in [-0.39, 0.29) is 0 Å². The second-order valence-corrected chi connectivity index (χ2v) is 7.83. The number of anilines is 3. The summed E-state index contributed by atoms with van der Waals surface area (Å²) in [5, 5.41) is 3.40. The molecular formula is C21H27N5O. The van der Waals surface area contributed by atoms with Crippen molar-refractivity contribution in [1.82, 2.24) is 14.9 Å². The fourth-order valence-corrected chi connectivity index (χ4v) is 4.14. The average molecular weight is 365 g/mol. The smallest absolute Gasteiger partial charge is 0.134 e. The second kappa shape index (κ2) is 7.44. The van der Waals surface area contributed by atoms with Crippen molar-refractivity contribution in [3.8, 4) is 0 Å². The lowest BCUT2D eigenvalue weighted by Crippen LogP contribution is -2.51. The van der Waals surface area contributed by atoms with Crippen LogP contribution in [0.2, 0.25) is 0 Å². The van der Waals surface area contributed by atoms with E-state index in [0.29, 0.717) is 12.0 Å². The Morgan fingerprint density at radius 3 is 2.48 bits per heavy atom. The van der Waals surface area contributed by atoms with Crippen molar-refractivity contribution in [3.05, 3.63) is 42.1 Å². The fourth-order valence-electron chi connectivity index (χ4n) is 4.14. The highest BCUT2D eigenvalue weighted by atomic mass is 16.5. The van der Waals surface area contributed by atoms with E-state index in [0.717, 1.165) is 43.8 Å². The van der Waals surface area contributed by atoms with Crippen molar-refractivity contribution in [2.24, 2.45) is 0 Å². The van der Waals surface area contributed by atoms with E-state index >= 15 is 0 Å². The van der Waals surface area contributed by atoms with Crippen LogP contribution < -0.4 is 10.2 Å². The molecule has 5 heterocycles. The van der Waals surface area contributed by atoms with Crippen LogP contribution in [0.3, 0.4) is 0 Å². The van der Waals surface area contributed by atoms with Crippen molar-refractivity contribution in [3.63, 3.8) is 0 Å². The summed E-state index contributed by atoms with van der Waals surface area (Å²) in [5.41, 5.74) is 1.41. The first-order chi connectivity index (χ1) is 13.3. The second-order valence-electron chi connectivity index (χ2n) is 7.83. The van der Waals surface area contributed by atoms with Crippen LogP contribution in [0, 0.1) is 0 Å². The molecule has 0 unspecified atom stereocenters. The summed E-state index contributed by atoms with van der Waals surface area (Å²) in [5.74, 6) is 3.46. The Morgan fingerprint density at radius 2 is 1.85 bits per heavy atom. The molecule has 5 rings (SSSR count). The van der Waals surface area contributed by atoms with Crippen molar-refractivity contribution < 1.29 is 4.74 Å². The molecule has 0 atom stereocenters. The maximum absolute atomic E-state index is 5.36. The van der Waals surface area contributed by atoms with Crippen molar-refractivity contribution >= 4 is 17.5 Å². The largest absolute Gasteiger partial charge is 0.378 e. The molecule has 0 aromatic carbocycles. The zero-order chi connectivity index (χ0) is 18.1. The summed E-state index contributed by atoms with van der Waals surface area (Å²) in [6, 6.07) is 11.1. The summed E-state index contributed by atoms with van der Waals surface area (Å²) in [4.78, 5) is 14.2. The lowest BCUT2D eigenvalue weighted by molar-refractivity contribution is -0.0712. The highest BCUT2D eigenvalue weighted by molar-refractivity contribution is 5.58. The van der Waals surface area contributed by atoms with Crippen LogP contribution in [-0.4, -0.2) is 60.3 Å². The molecule has 0 saturated carbocycles. The van der Waals surface area contributed by atoms with E-state index in [9.17, 15) is 0 Å². The van der Waals surface area contributed by atoms with E-state index in [1.807, 2.05) is 24.4 Å². The van der Waals surface area contributed by atoms with Crippen LogP contribution in [0.1, 0.15) is 30.7 Å². The van der Waals surface area contributed by atoms with Gasteiger partial charge in [0.2, 0.25) is 0 Å². The Kier molecular flexibility index (Phi) is 4.67. The molecule has 1 N–H and O–H groups in total. The standard InChI is InChI=1S/C21H27N5O/c1-2-7-22-19(4-1)23-20-12-17(13-21(24-20)26-8-3-9-26)16-5-10-25(11-6-16)18-14-27-15-18/h1-2,4,7,12-13,16,18H,3,5-6,8-11,14-15H2,(H,22,23,24).